The summed E-state index contributed by atoms with van der Waals surface area (Å²) >= 11 is 3.39. The summed E-state index contributed by atoms with van der Waals surface area (Å²) in [6.45, 7) is 15.0. The largest absolute Gasteiger partial charge is 0.263 e. The lowest BCUT2D eigenvalue weighted by Crippen LogP contribution is -1.88. The lowest BCUT2D eigenvalue weighted by atomic mass is 10.0. The quantitative estimate of drug-likeness (QED) is 0.332. The number of alkyl halides is 2. The number of halogens is 3. The number of aryl methyl sites for hydroxylation is 1. The summed E-state index contributed by atoms with van der Waals surface area (Å²) in [4.78, 5) is 0. The number of hydrogen-bond donors (Lipinski definition) is 0. The van der Waals surface area contributed by atoms with Crippen LogP contribution in [0.25, 0.3) is 0 Å². The fourth-order valence-electron chi connectivity index (χ4n) is 2.83. The average Bonchev–Trinajstić information content (AvgIpc) is 2.75. The van der Waals surface area contributed by atoms with Crippen LogP contribution in [0, 0.1) is 6.92 Å². The highest BCUT2D eigenvalue weighted by atomic mass is 79.9. The molecule has 0 aliphatic carbocycles. The van der Waals surface area contributed by atoms with Gasteiger partial charge in [-0.3, -0.25) is 0 Å². The molecule has 0 radical (unpaired) electrons. The van der Waals surface area contributed by atoms with Crippen LogP contribution in [0.1, 0.15) is 93.5 Å². The molecule has 0 saturated heterocycles. The molecule has 0 fully saturated rings. The summed E-state index contributed by atoms with van der Waals surface area (Å²) in [5.74, 6) is 1.69. The van der Waals surface area contributed by atoms with Crippen molar-refractivity contribution in [3.63, 3.8) is 0 Å². The molecule has 0 spiro atoms. The molecule has 174 valence electrons. The zero-order valence-corrected chi connectivity index (χ0v) is 22.0. The van der Waals surface area contributed by atoms with Gasteiger partial charge in [0.2, 0.25) is 0 Å². The first-order valence-corrected chi connectivity index (χ1v) is 12.0. The van der Waals surface area contributed by atoms with E-state index in [2.05, 4.69) is 99.1 Å². The molecular weight excluding hydrogens is 466 g/mol. The molecule has 0 nitrogen and oxygen atoms in total. The van der Waals surface area contributed by atoms with Crippen molar-refractivity contribution in [3.05, 3.63) is 105 Å². The number of hydrogen-bond acceptors (Lipinski definition) is 0. The van der Waals surface area contributed by atoms with Gasteiger partial charge < -0.3 is 0 Å². The highest BCUT2D eigenvalue weighted by molar-refractivity contribution is 9.10. The molecule has 0 aromatic heterocycles. The fraction of sp³-hybridized carbons (Fsp3) is 0.379. The van der Waals surface area contributed by atoms with E-state index in [4.69, 9.17) is 0 Å². The van der Waals surface area contributed by atoms with Gasteiger partial charge in [0.05, 0.1) is 0 Å². The Bertz CT molecular complexity index is 801. The molecule has 3 aromatic carbocycles. The van der Waals surface area contributed by atoms with Gasteiger partial charge in [-0.15, -0.1) is 0 Å². The lowest BCUT2D eigenvalue weighted by Gasteiger charge is -2.05. The SMILES string of the molecule is CC(C)c1ccc(Br)cc1.CC(C)c1ccc(C(F)F)cc1.Cc1ccc(C(C)C)cc1. The van der Waals surface area contributed by atoms with Crippen LogP contribution in [0.2, 0.25) is 0 Å². The maximum atomic E-state index is 12.1. The minimum Gasteiger partial charge on any atom is -0.205 e. The zero-order valence-electron chi connectivity index (χ0n) is 20.4. The van der Waals surface area contributed by atoms with E-state index in [0.717, 1.165) is 10.0 Å². The summed E-state index contributed by atoms with van der Waals surface area (Å²) in [6.07, 6.45) is -2.36. The molecule has 0 unspecified atom stereocenters. The van der Waals surface area contributed by atoms with Crippen molar-refractivity contribution in [1.82, 2.24) is 0 Å². The molecule has 0 bridgehead atoms. The Labute approximate surface area is 202 Å². The predicted molar refractivity (Wildman–Crippen MR) is 139 cm³/mol. The molecule has 0 amide bonds. The van der Waals surface area contributed by atoms with Gasteiger partial charge in [-0.2, -0.15) is 0 Å². The monoisotopic (exact) mass is 502 g/mol. The van der Waals surface area contributed by atoms with Crippen molar-refractivity contribution in [1.29, 1.82) is 0 Å². The third kappa shape index (κ3) is 10.5. The number of rotatable bonds is 4. The normalized spacial score (nSPS) is 10.7. The fourth-order valence-corrected chi connectivity index (χ4v) is 3.09. The van der Waals surface area contributed by atoms with Crippen LogP contribution in [0.3, 0.4) is 0 Å². The van der Waals surface area contributed by atoms with Gasteiger partial charge in [-0.05, 0) is 53.5 Å². The summed E-state index contributed by atoms with van der Waals surface area (Å²) in [5.41, 5.74) is 5.34. The molecule has 0 atom stereocenters. The van der Waals surface area contributed by atoms with Crippen LogP contribution in [-0.4, -0.2) is 0 Å². The Kier molecular flexibility index (Phi) is 12.4. The smallest absolute Gasteiger partial charge is 0.205 e. The highest BCUT2D eigenvalue weighted by Gasteiger charge is 2.06. The van der Waals surface area contributed by atoms with Crippen LogP contribution in [-0.2, 0) is 0 Å². The van der Waals surface area contributed by atoms with E-state index in [1.54, 1.807) is 12.1 Å². The first-order valence-electron chi connectivity index (χ1n) is 11.2. The Hall–Kier alpha value is -2.00. The molecule has 0 aliphatic rings. The molecule has 3 heteroatoms. The second kappa shape index (κ2) is 14.2. The van der Waals surface area contributed by atoms with Crippen molar-refractivity contribution in [3.8, 4) is 0 Å². The standard InChI is InChI=1S/C10H12F2.C10H14.C9H11Br/c1-7(2)8-3-5-9(6-4-8)10(11)12;1-8(2)10-6-4-9(3)5-7-10;1-7(2)8-3-5-9(10)6-4-8/h3-7,10H,1-2H3;4-8H,1-3H3;3-7H,1-2H3. The maximum Gasteiger partial charge on any atom is 0.263 e. The second-order valence-electron chi connectivity index (χ2n) is 8.89. The van der Waals surface area contributed by atoms with Gasteiger partial charge in [0.25, 0.3) is 6.43 Å². The molecule has 0 heterocycles. The van der Waals surface area contributed by atoms with Crippen LogP contribution in [0.4, 0.5) is 8.78 Å². The second-order valence-corrected chi connectivity index (χ2v) is 9.81. The van der Waals surface area contributed by atoms with E-state index < -0.39 is 6.43 Å². The molecular formula is C29H37BrF2. The first-order chi connectivity index (χ1) is 15.0. The molecule has 32 heavy (non-hydrogen) atoms. The minimum absolute atomic E-state index is 0.0967. The summed E-state index contributed by atoms with van der Waals surface area (Å²) in [7, 11) is 0. The van der Waals surface area contributed by atoms with E-state index in [-0.39, 0.29) is 5.56 Å². The first kappa shape index (κ1) is 28.0. The van der Waals surface area contributed by atoms with Gasteiger partial charge in [0, 0.05) is 10.0 Å². The summed E-state index contributed by atoms with van der Waals surface area (Å²) in [5, 5.41) is 0. The van der Waals surface area contributed by atoms with Gasteiger partial charge in [-0.25, -0.2) is 8.78 Å². The van der Waals surface area contributed by atoms with Crippen LogP contribution in [0.5, 0.6) is 0 Å². The molecule has 0 N–H and O–H groups in total. The van der Waals surface area contributed by atoms with Crippen LogP contribution < -0.4 is 0 Å². The van der Waals surface area contributed by atoms with Crippen molar-refractivity contribution in [2.24, 2.45) is 0 Å². The van der Waals surface area contributed by atoms with Crippen LogP contribution >= 0.6 is 15.9 Å². The third-order valence-corrected chi connectivity index (χ3v) is 5.66. The Morgan fingerprint density at radius 2 is 0.781 bits per heavy atom. The number of benzene rings is 3. The lowest BCUT2D eigenvalue weighted by molar-refractivity contribution is 0.151. The van der Waals surface area contributed by atoms with Gasteiger partial charge in [0.1, 0.15) is 0 Å². The van der Waals surface area contributed by atoms with Gasteiger partial charge in [0.15, 0.2) is 0 Å². The summed E-state index contributed by atoms with van der Waals surface area (Å²) in [6, 6.07) is 23.6. The predicted octanol–water partition coefficient (Wildman–Crippen LogP) is 10.4. The van der Waals surface area contributed by atoms with Crippen molar-refractivity contribution in [2.45, 2.75) is 72.6 Å². The van der Waals surface area contributed by atoms with Crippen LogP contribution in [0.15, 0.2) is 77.3 Å². The minimum atomic E-state index is -2.36. The Morgan fingerprint density at radius 1 is 0.500 bits per heavy atom. The third-order valence-electron chi connectivity index (χ3n) is 5.14. The van der Waals surface area contributed by atoms with Gasteiger partial charge in [-0.1, -0.05) is 124 Å². The molecule has 0 saturated carbocycles. The van der Waals surface area contributed by atoms with Crippen molar-refractivity contribution >= 4 is 15.9 Å². The van der Waals surface area contributed by atoms with E-state index in [1.165, 1.54) is 28.8 Å². The highest BCUT2D eigenvalue weighted by Crippen LogP contribution is 2.21. The molecule has 3 rings (SSSR count). The molecule has 3 aromatic rings. The molecule has 0 aliphatic heterocycles. The van der Waals surface area contributed by atoms with E-state index in [0.29, 0.717) is 17.8 Å². The topological polar surface area (TPSA) is 0 Å². The van der Waals surface area contributed by atoms with Crippen molar-refractivity contribution in [2.75, 3.05) is 0 Å². The Morgan fingerprint density at radius 3 is 1.09 bits per heavy atom. The average molecular weight is 504 g/mol. The van der Waals surface area contributed by atoms with E-state index in [1.807, 2.05) is 13.8 Å². The Balaban J connectivity index is 0.000000241. The van der Waals surface area contributed by atoms with E-state index >= 15 is 0 Å². The summed E-state index contributed by atoms with van der Waals surface area (Å²) < 4.78 is 25.3. The van der Waals surface area contributed by atoms with Gasteiger partial charge >= 0.3 is 0 Å². The van der Waals surface area contributed by atoms with Crippen molar-refractivity contribution < 1.29 is 8.78 Å². The van der Waals surface area contributed by atoms with E-state index in [9.17, 15) is 8.78 Å². The maximum absolute atomic E-state index is 12.1. The zero-order chi connectivity index (χ0) is 24.3.